The molecule has 0 aliphatic rings. The topological polar surface area (TPSA) is 99.1 Å². The number of aromatic nitrogens is 3. The summed E-state index contributed by atoms with van der Waals surface area (Å²) >= 11 is 0. The van der Waals surface area contributed by atoms with E-state index in [-0.39, 0.29) is 5.56 Å². The van der Waals surface area contributed by atoms with Crippen molar-refractivity contribution in [2.75, 3.05) is 0 Å². The third kappa shape index (κ3) is 2.33. The summed E-state index contributed by atoms with van der Waals surface area (Å²) in [6, 6.07) is 7.26. The van der Waals surface area contributed by atoms with Gasteiger partial charge in [0.25, 0.3) is 0 Å². The Labute approximate surface area is 126 Å². The molecule has 112 valence electrons. The Balaban J connectivity index is 2.27. The van der Waals surface area contributed by atoms with Gasteiger partial charge in [-0.15, -0.1) is 0 Å². The number of aliphatic hydroxyl groups is 1. The zero-order valence-electron chi connectivity index (χ0n) is 12.2. The standard InChI is InChI=1S/C16H15N3O3/c1-16(2,22)10-5-3-4-9(6-10)13-12-11(15(20)21)7-17-14(12)19-8-18-13/h3-8,22H,1-2H3,(H,20,21)(H,17,18,19). The minimum absolute atomic E-state index is 0.124. The van der Waals surface area contributed by atoms with Crippen molar-refractivity contribution in [3.63, 3.8) is 0 Å². The molecule has 0 atom stereocenters. The molecule has 1 aromatic carbocycles. The molecule has 0 fully saturated rings. The number of hydrogen-bond donors (Lipinski definition) is 3. The highest BCUT2D eigenvalue weighted by atomic mass is 16.4. The van der Waals surface area contributed by atoms with Crippen molar-refractivity contribution in [1.29, 1.82) is 0 Å². The molecule has 3 rings (SSSR count). The molecule has 3 aromatic rings. The van der Waals surface area contributed by atoms with Gasteiger partial charge in [-0.25, -0.2) is 14.8 Å². The summed E-state index contributed by atoms with van der Waals surface area (Å²) in [5, 5.41) is 19.9. The molecule has 2 aromatic heterocycles. The summed E-state index contributed by atoms with van der Waals surface area (Å²) in [7, 11) is 0. The van der Waals surface area contributed by atoms with Crippen LogP contribution in [0.5, 0.6) is 0 Å². The Kier molecular flexibility index (Phi) is 3.18. The van der Waals surface area contributed by atoms with Crippen molar-refractivity contribution < 1.29 is 15.0 Å². The molecule has 6 heteroatoms. The minimum Gasteiger partial charge on any atom is -0.478 e. The minimum atomic E-state index is -1.04. The Morgan fingerprint density at radius 3 is 2.73 bits per heavy atom. The number of nitrogens with one attached hydrogen (secondary N) is 1. The predicted molar refractivity (Wildman–Crippen MR) is 81.5 cm³/mol. The monoisotopic (exact) mass is 297 g/mol. The Morgan fingerprint density at radius 2 is 2.05 bits per heavy atom. The van der Waals surface area contributed by atoms with Crippen molar-refractivity contribution in [3.8, 4) is 11.3 Å². The molecule has 0 aliphatic carbocycles. The Morgan fingerprint density at radius 1 is 1.27 bits per heavy atom. The van der Waals surface area contributed by atoms with Crippen molar-refractivity contribution in [3.05, 3.63) is 47.9 Å². The average Bonchev–Trinajstić information content (AvgIpc) is 2.90. The van der Waals surface area contributed by atoms with Crippen molar-refractivity contribution in [2.24, 2.45) is 0 Å². The maximum atomic E-state index is 11.4. The maximum Gasteiger partial charge on any atom is 0.338 e. The SMILES string of the molecule is CC(C)(O)c1cccc(-c2ncnc3[nH]cc(C(=O)O)c23)c1. The van der Waals surface area contributed by atoms with Gasteiger partial charge >= 0.3 is 5.97 Å². The predicted octanol–water partition coefficient (Wildman–Crippen LogP) is 2.55. The van der Waals surface area contributed by atoms with Gasteiger partial charge in [0.05, 0.1) is 22.2 Å². The summed E-state index contributed by atoms with van der Waals surface area (Å²) < 4.78 is 0. The summed E-state index contributed by atoms with van der Waals surface area (Å²) in [5.74, 6) is -1.04. The number of H-pyrrole nitrogens is 1. The van der Waals surface area contributed by atoms with Crippen molar-refractivity contribution in [2.45, 2.75) is 19.4 Å². The fourth-order valence-electron chi connectivity index (χ4n) is 2.40. The van der Waals surface area contributed by atoms with E-state index in [9.17, 15) is 15.0 Å². The van der Waals surface area contributed by atoms with Crippen LogP contribution in [0, 0.1) is 0 Å². The van der Waals surface area contributed by atoms with Gasteiger partial charge < -0.3 is 15.2 Å². The average molecular weight is 297 g/mol. The highest BCUT2D eigenvalue weighted by Gasteiger charge is 2.20. The highest BCUT2D eigenvalue weighted by molar-refractivity contribution is 6.07. The smallest absolute Gasteiger partial charge is 0.338 e. The van der Waals surface area contributed by atoms with E-state index in [0.717, 1.165) is 11.1 Å². The number of nitrogens with zero attached hydrogens (tertiary/aromatic N) is 2. The molecule has 2 heterocycles. The first kappa shape index (κ1) is 14.2. The molecular formula is C16H15N3O3. The highest BCUT2D eigenvalue weighted by Crippen LogP contribution is 2.30. The van der Waals surface area contributed by atoms with Gasteiger partial charge in [-0.1, -0.05) is 18.2 Å². The number of carbonyl (C=O) groups is 1. The maximum absolute atomic E-state index is 11.4. The summed E-state index contributed by atoms with van der Waals surface area (Å²) in [5.41, 5.74) is 1.58. The summed E-state index contributed by atoms with van der Waals surface area (Å²) in [4.78, 5) is 22.5. The van der Waals surface area contributed by atoms with E-state index in [1.807, 2.05) is 18.2 Å². The van der Waals surface area contributed by atoms with Gasteiger partial charge in [0.2, 0.25) is 0 Å². The van der Waals surface area contributed by atoms with Crippen LogP contribution in [-0.2, 0) is 5.60 Å². The van der Waals surface area contributed by atoms with Gasteiger partial charge in [-0.2, -0.15) is 0 Å². The third-order valence-corrected chi connectivity index (χ3v) is 3.54. The number of aromatic amines is 1. The van der Waals surface area contributed by atoms with Gasteiger partial charge in [-0.3, -0.25) is 0 Å². The van der Waals surface area contributed by atoms with Crippen LogP contribution in [0.4, 0.5) is 0 Å². The fraction of sp³-hybridized carbons (Fsp3) is 0.188. The quantitative estimate of drug-likeness (QED) is 0.690. The van der Waals surface area contributed by atoms with Gasteiger partial charge in [0.1, 0.15) is 12.0 Å². The molecule has 0 amide bonds. The third-order valence-electron chi connectivity index (χ3n) is 3.54. The number of carboxylic acid groups (broad SMARTS) is 1. The molecule has 3 N–H and O–H groups in total. The van der Waals surface area contributed by atoms with E-state index in [2.05, 4.69) is 15.0 Å². The molecule has 0 saturated carbocycles. The normalized spacial score (nSPS) is 11.8. The molecule has 0 bridgehead atoms. The first-order valence-corrected chi connectivity index (χ1v) is 6.76. The van der Waals surface area contributed by atoms with Crippen molar-refractivity contribution in [1.82, 2.24) is 15.0 Å². The molecule has 0 spiro atoms. The second kappa shape index (κ2) is 4.92. The lowest BCUT2D eigenvalue weighted by Gasteiger charge is -2.18. The van der Waals surface area contributed by atoms with Crippen LogP contribution >= 0.6 is 0 Å². The van der Waals surface area contributed by atoms with Crippen LogP contribution in [0.25, 0.3) is 22.3 Å². The van der Waals surface area contributed by atoms with Crippen LogP contribution in [0.3, 0.4) is 0 Å². The lowest BCUT2D eigenvalue weighted by molar-refractivity contribution is 0.0698. The molecule has 22 heavy (non-hydrogen) atoms. The number of hydrogen-bond acceptors (Lipinski definition) is 4. The molecule has 0 aliphatic heterocycles. The Hall–Kier alpha value is -2.73. The number of carboxylic acids is 1. The van der Waals surface area contributed by atoms with Crippen LogP contribution in [-0.4, -0.2) is 31.1 Å². The Bertz CT molecular complexity index is 862. The lowest BCUT2D eigenvalue weighted by atomic mass is 9.95. The lowest BCUT2D eigenvalue weighted by Crippen LogP contribution is -2.15. The zero-order valence-corrected chi connectivity index (χ0v) is 12.2. The van der Waals surface area contributed by atoms with Gasteiger partial charge in [0.15, 0.2) is 0 Å². The molecule has 0 saturated heterocycles. The number of fused-ring (bicyclic) bond motifs is 1. The van der Waals surface area contributed by atoms with Crippen LogP contribution in [0.1, 0.15) is 29.8 Å². The number of benzene rings is 1. The number of rotatable bonds is 3. The van der Waals surface area contributed by atoms with E-state index in [0.29, 0.717) is 16.7 Å². The van der Waals surface area contributed by atoms with Gasteiger partial charge in [0, 0.05) is 11.8 Å². The van der Waals surface area contributed by atoms with Crippen molar-refractivity contribution >= 4 is 17.0 Å². The van der Waals surface area contributed by atoms with E-state index in [1.54, 1.807) is 19.9 Å². The van der Waals surface area contributed by atoms with E-state index < -0.39 is 11.6 Å². The van der Waals surface area contributed by atoms with E-state index >= 15 is 0 Å². The first-order chi connectivity index (χ1) is 10.4. The van der Waals surface area contributed by atoms with Crippen LogP contribution < -0.4 is 0 Å². The summed E-state index contributed by atoms with van der Waals surface area (Å²) in [6.45, 7) is 3.39. The van der Waals surface area contributed by atoms with E-state index in [1.165, 1.54) is 12.5 Å². The zero-order chi connectivity index (χ0) is 15.9. The molecule has 0 unspecified atom stereocenters. The fourth-order valence-corrected chi connectivity index (χ4v) is 2.40. The van der Waals surface area contributed by atoms with Crippen LogP contribution in [0.15, 0.2) is 36.8 Å². The first-order valence-electron chi connectivity index (χ1n) is 6.76. The molecule has 0 radical (unpaired) electrons. The van der Waals surface area contributed by atoms with E-state index in [4.69, 9.17) is 0 Å². The number of aromatic carboxylic acids is 1. The van der Waals surface area contributed by atoms with Crippen LogP contribution in [0.2, 0.25) is 0 Å². The largest absolute Gasteiger partial charge is 0.478 e. The second-order valence-corrected chi connectivity index (χ2v) is 5.59. The summed E-state index contributed by atoms with van der Waals surface area (Å²) in [6.07, 6.45) is 2.79. The molecular weight excluding hydrogens is 282 g/mol. The second-order valence-electron chi connectivity index (χ2n) is 5.59. The van der Waals surface area contributed by atoms with Gasteiger partial charge in [-0.05, 0) is 25.5 Å². The molecule has 6 nitrogen and oxygen atoms in total.